The summed E-state index contributed by atoms with van der Waals surface area (Å²) in [5, 5.41) is 0. The van der Waals surface area contributed by atoms with Crippen LogP contribution in [-0.2, 0) is 10.2 Å². The van der Waals surface area contributed by atoms with Crippen molar-refractivity contribution in [3.63, 3.8) is 0 Å². The second-order valence-electron chi connectivity index (χ2n) is 4.70. The van der Waals surface area contributed by atoms with Crippen LogP contribution in [-0.4, -0.2) is 6.29 Å². The molecule has 0 atom stereocenters. The van der Waals surface area contributed by atoms with E-state index < -0.39 is 0 Å². The normalized spacial score (nSPS) is 19.8. The molecule has 1 heteroatoms. The molecule has 0 unspecified atom stereocenters. The highest BCUT2D eigenvalue weighted by atomic mass is 16.1. The van der Waals surface area contributed by atoms with Gasteiger partial charge in [-0.25, -0.2) is 0 Å². The fraction of sp³-hybridized carbons (Fsp3) is 0.500. The number of hydrogen-bond donors (Lipinski definition) is 0. The van der Waals surface area contributed by atoms with Crippen LogP contribution in [0.3, 0.4) is 0 Å². The Kier molecular flexibility index (Phi) is 2.90. The van der Waals surface area contributed by atoms with Gasteiger partial charge in [-0.3, -0.25) is 0 Å². The third kappa shape index (κ3) is 1.97. The molecule has 80 valence electrons. The maximum Gasteiger partial charge on any atom is 0.130 e. The summed E-state index contributed by atoms with van der Waals surface area (Å²) in [6.45, 7) is 2.08. The summed E-state index contributed by atoms with van der Waals surface area (Å²) in [4.78, 5) is 11.4. The number of aldehydes is 1. The zero-order valence-corrected chi connectivity index (χ0v) is 9.33. The molecule has 0 heterocycles. The Morgan fingerprint density at radius 1 is 1.07 bits per heavy atom. The molecular formula is C14H18O. The van der Waals surface area contributed by atoms with Gasteiger partial charge < -0.3 is 4.79 Å². The first kappa shape index (κ1) is 10.4. The van der Waals surface area contributed by atoms with Gasteiger partial charge in [0, 0.05) is 0 Å². The van der Waals surface area contributed by atoms with Crippen LogP contribution >= 0.6 is 0 Å². The van der Waals surface area contributed by atoms with Gasteiger partial charge in [-0.1, -0.05) is 49.1 Å². The zero-order valence-electron chi connectivity index (χ0n) is 9.33. The van der Waals surface area contributed by atoms with Gasteiger partial charge in [0.2, 0.25) is 0 Å². The van der Waals surface area contributed by atoms with E-state index >= 15 is 0 Å². The molecule has 0 bridgehead atoms. The fourth-order valence-electron chi connectivity index (χ4n) is 2.54. The largest absolute Gasteiger partial charge is 0.302 e. The first-order valence-corrected chi connectivity index (χ1v) is 5.80. The topological polar surface area (TPSA) is 17.1 Å². The van der Waals surface area contributed by atoms with E-state index in [-0.39, 0.29) is 5.41 Å². The van der Waals surface area contributed by atoms with Crippen molar-refractivity contribution in [2.24, 2.45) is 0 Å². The number of rotatable bonds is 2. The molecule has 1 aromatic carbocycles. The van der Waals surface area contributed by atoms with Gasteiger partial charge in [0.05, 0.1) is 5.41 Å². The van der Waals surface area contributed by atoms with Crippen molar-refractivity contribution in [3.05, 3.63) is 35.4 Å². The highest BCUT2D eigenvalue weighted by molar-refractivity contribution is 5.68. The van der Waals surface area contributed by atoms with Crippen LogP contribution in [0.1, 0.15) is 43.2 Å². The summed E-state index contributed by atoms with van der Waals surface area (Å²) in [7, 11) is 0. The molecule has 0 aliphatic heterocycles. The lowest BCUT2D eigenvalue weighted by Gasteiger charge is -2.32. The minimum Gasteiger partial charge on any atom is -0.302 e. The van der Waals surface area contributed by atoms with Gasteiger partial charge in [0.25, 0.3) is 0 Å². The Morgan fingerprint density at radius 3 is 2.20 bits per heavy atom. The summed E-state index contributed by atoms with van der Waals surface area (Å²) in [5.41, 5.74) is 2.30. The maximum atomic E-state index is 11.4. The van der Waals surface area contributed by atoms with Gasteiger partial charge in [-0.15, -0.1) is 0 Å². The molecule has 0 saturated heterocycles. The minimum atomic E-state index is -0.175. The zero-order chi connectivity index (χ0) is 10.7. The Labute approximate surface area is 91.5 Å². The standard InChI is InChI=1S/C14H18O/c1-12-5-7-13(8-6-12)14(11-15)9-3-2-4-10-14/h5-8,11H,2-4,9-10H2,1H3. The van der Waals surface area contributed by atoms with Crippen LogP contribution in [0.2, 0.25) is 0 Å². The second kappa shape index (κ2) is 4.18. The lowest BCUT2D eigenvalue weighted by atomic mass is 9.70. The van der Waals surface area contributed by atoms with Crippen LogP contribution < -0.4 is 0 Å². The van der Waals surface area contributed by atoms with Crippen LogP contribution in [0.4, 0.5) is 0 Å². The molecule has 1 saturated carbocycles. The average molecular weight is 202 g/mol. The van der Waals surface area contributed by atoms with Crippen molar-refractivity contribution < 1.29 is 4.79 Å². The molecule has 1 fully saturated rings. The van der Waals surface area contributed by atoms with E-state index in [9.17, 15) is 4.79 Å². The van der Waals surface area contributed by atoms with E-state index in [4.69, 9.17) is 0 Å². The van der Waals surface area contributed by atoms with Gasteiger partial charge in [-0.2, -0.15) is 0 Å². The van der Waals surface area contributed by atoms with Crippen molar-refractivity contribution in [2.75, 3.05) is 0 Å². The Bertz CT molecular complexity index is 331. The highest BCUT2D eigenvalue weighted by Gasteiger charge is 2.33. The minimum absolute atomic E-state index is 0.175. The van der Waals surface area contributed by atoms with Crippen molar-refractivity contribution in [1.29, 1.82) is 0 Å². The van der Waals surface area contributed by atoms with E-state index in [2.05, 4.69) is 31.2 Å². The predicted molar refractivity (Wildman–Crippen MR) is 62.0 cm³/mol. The third-order valence-electron chi connectivity index (χ3n) is 3.60. The van der Waals surface area contributed by atoms with Crippen LogP contribution in [0.25, 0.3) is 0 Å². The summed E-state index contributed by atoms with van der Waals surface area (Å²) < 4.78 is 0. The Hall–Kier alpha value is -1.11. The smallest absolute Gasteiger partial charge is 0.130 e. The number of hydrogen-bond acceptors (Lipinski definition) is 1. The monoisotopic (exact) mass is 202 g/mol. The van der Waals surface area contributed by atoms with Gasteiger partial charge in [-0.05, 0) is 25.3 Å². The molecule has 15 heavy (non-hydrogen) atoms. The third-order valence-corrected chi connectivity index (χ3v) is 3.60. The second-order valence-corrected chi connectivity index (χ2v) is 4.70. The predicted octanol–water partition coefficient (Wildman–Crippen LogP) is 3.40. The van der Waals surface area contributed by atoms with Crippen molar-refractivity contribution in [1.82, 2.24) is 0 Å². The molecule has 1 aliphatic rings. The van der Waals surface area contributed by atoms with E-state index in [1.807, 2.05) is 0 Å². The van der Waals surface area contributed by atoms with Crippen LogP contribution in [0.15, 0.2) is 24.3 Å². The summed E-state index contributed by atoms with van der Waals surface area (Å²) in [5.74, 6) is 0. The number of aryl methyl sites for hydroxylation is 1. The lowest BCUT2D eigenvalue weighted by molar-refractivity contribution is -0.113. The van der Waals surface area contributed by atoms with E-state index in [1.165, 1.54) is 36.7 Å². The molecule has 0 spiro atoms. The summed E-state index contributed by atoms with van der Waals surface area (Å²) in [6.07, 6.45) is 6.89. The van der Waals surface area contributed by atoms with E-state index in [1.54, 1.807) is 0 Å². The average Bonchev–Trinajstić information content (AvgIpc) is 2.31. The van der Waals surface area contributed by atoms with Gasteiger partial charge in [0.15, 0.2) is 0 Å². The first-order chi connectivity index (χ1) is 7.27. The highest BCUT2D eigenvalue weighted by Crippen LogP contribution is 2.37. The lowest BCUT2D eigenvalue weighted by Crippen LogP contribution is -2.30. The Balaban J connectivity index is 2.32. The summed E-state index contributed by atoms with van der Waals surface area (Å²) in [6, 6.07) is 8.45. The van der Waals surface area contributed by atoms with Gasteiger partial charge >= 0.3 is 0 Å². The SMILES string of the molecule is Cc1ccc(C2(C=O)CCCCC2)cc1. The van der Waals surface area contributed by atoms with Crippen LogP contribution in [0, 0.1) is 6.92 Å². The Morgan fingerprint density at radius 2 is 1.67 bits per heavy atom. The molecule has 2 rings (SSSR count). The van der Waals surface area contributed by atoms with Gasteiger partial charge in [0.1, 0.15) is 6.29 Å². The van der Waals surface area contributed by atoms with Crippen molar-refractivity contribution >= 4 is 6.29 Å². The maximum absolute atomic E-state index is 11.4. The van der Waals surface area contributed by atoms with E-state index in [0.29, 0.717) is 0 Å². The number of benzene rings is 1. The van der Waals surface area contributed by atoms with Crippen molar-refractivity contribution in [3.8, 4) is 0 Å². The number of carbonyl (C=O) groups excluding carboxylic acids is 1. The summed E-state index contributed by atoms with van der Waals surface area (Å²) >= 11 is 0. The molecule has 1 aromatic rings. The molecule has 1 nitrogen and oxygen atoms in total. The molecular weight excluding hydrogens is 184 g/mol. The van der Waals surface area contributed by atoms with E-state index in [0.717, 1.165) is 12.8 Å². The molecule has 0 N–H and O–H groups in total. The molecule has 0 amide bonds. The molecule has 1 aliphatic carbocycles. The van der Waals surface area contributed by atoms with Crippen LogP contribution in [0.5, 0.6) is 0 Å². The molecule has 0 radical (unpaired) electrons. The quantitative estimate of drug-likeness (QED) is 0.672. The van der Waals surface area contributed by atoms with Crippen molar-refractivity contribution in [2.45, 2.75) is 44.4 Å². The molecule has 0 aromatic heterocycles. The fourth-order valence-corrected chi connectivity index (χ4v) is 2.54. The number of carbonyl (C=O) groups is 1. The first-order valence-electron chi connectivity index (χ1n) is 5.80.